The molecule has 3 aliphatic rings. The normalized spacial score (nSPS) is 24.1. The van der Waals surface area contributed by atoms with Crippen LogP contribution in [-0.4, -0.2) is 32.0 Å². The molecule has 0 spiro atoms. The van der Waals surface area contributed by atoms with Crippen LogP contribution in [0.4, 0.5) is 5.69 Å². The molecule has 3 heterocycles. The first kappa shape index (κ1) is 13.4. The zero-order chi connectivity index (χ0) is 15.4. The van der Waals surface area contributed by atoms with Gasteiger partial charge >= 0.3 is 0 Å². The Labute approximate surface area is 140 Å². The van der Waals surface area contributed by atoms with Crippen molar-refractivity contribution in [1.29, 1.82) is 0 Å². The van der Waals surface area contributed by atoms with Crippen LogP contribution in [0.2, 0.25) is 5.02 Å². The van der Waals surface area contributed by atoms with Gasteiger partial charge in [0, 0.05) is 35.3 Å². The van der Waals surface area contributed by atoms with E-state index in [2.05, 4.69) is 34.3 Å². The lowest BCUT2D eigenvalue weighted by atomic mass is 9.90. The minimum absolute atomic E-state index is 0.377. The first-order valence-corrected chi connectivity index (χ1v) is 8.53. The minimum atomic E-state index is 0.377. The van der Waals surface area contributed by atoms with E-state index in [1.807, 2.05) is 18.2 Å². The minimum Gasteiger partial charge on any atom is -0.490 e. The molecule has 4 heteroatoms. The van der Waals surface area contributed by atoms with Crippen molar-refractivity contribution in [2.75, 3.05) is 24.6 Å². The van der Waals surface area contributed by atoms with Gasteiger partial charge in [0.2, 0.25) is 0 Å². The van der Waals surface area contributed by atoms with Crippen molar-refractivity contribution >= 4 is 23.5 Å². The van der Waals surface area contributed by atoms with Crippen LogP contribution < -0.4 is 9.64 Å². The number of hydrogen-bond acceptors (Lipinski definition) is 3. The fourth-order valence-electron chi connectivity index (χ4n) is 4.16. The zero-order valence-corrected chi connectivity index (χ0v) is 13.5. The van der Waals surface area contributed by atoms with Crippen LogP contribution in [0.25, 0.3) is 11.1 Å². The lowest BCUT2D eigenvalue weighted by molar-refractivity contribution is 0.302. The molecule has 2 aromatic rings. The summed E-state index contributed by atoms with van der Waals surface area (Å²) in [7, 11) is 0. The van der Waals surface area contributed by atoms with Crippen molar-refractivity contribution in [1.82, 2.24) is 0 Å². The highest BCUT2D eigenvalue weighted by Gasteiger charge is 2.42. The molecule has 0 bridgehead atoms. The van der Waals surface area contributed by atoms with Crippen LogP contribution >= 0.6 is 11.6 Å². The Kier molecular flexibility index (Phi) is 2.92. The fourth-order valence-corrected chi connectivity index (χ4v) is 4.41. The summed E-state index contributed by atoms with van der Waals surface area (Å²) < 4.78 is 5.99. The van der Waals surface area contributed by atoms with Gasteiger partial charge in [-0.25, -0.2) is 0 Å². The largest absolute Gasteiger partial charge is 0.490 e. The predicted octanol–water partition coefficient (Wildman–Crippen LogP) is 4.15. The molecule has 0 fully saturated rings. The SMILES string of the molecule is Clc1ccccc1-c1cc2c3c(c1)[C@H]1C=NCC[C@@H]1N3CCO2. The van der Waals surface area contributed by atoms with Crippen molar-refractivity contribution < 1.29 is 4.74 Å². The first-order chi connectivity index (χ1) is 11.3. The number of benzene rings is 2. The first-order valence-electron chi connectivity index (χ1n) is 8.15. The van der Waals surface area contributed by atoms with E-state index >= 15 is 0 Å². The standard InChI is InChI=1S/C19H17ClN2O/c20-16-4-2-1-3-13(16)12-9-14-15-11-21-6-5-17(15)22-7-8-23-18(10-12)19(14)22/h1-4,9-11,15,17H,5-8H2/t15-,17+/m1/s1. The average molecular weight is 325 g/mol. The van der Waals surface area contributed by atoms with E-state index in [-0.39, 0.29) is 0 Å². The summed E-state index contributed by atoms with van der Waals surface area (Å²) in [5.41, 5.74) is 4.80. The summed E-state index contributed by atoms with van der Waals surface area (Å²) in [6.07, 6.45) is 3.26. The number of nitrogens with zero attached hydrogens (tertiary/aromatic N) is 2. The molecule has 0 aliphatic carbocycles. The van der Waals surface area contributed by atoms with Crippen LogP contribution in [0.15, 0.2) is 41.4 Å². The number of rotatable bonds is 1. The second-order valence-corrected chi connectivity index (χ2v) is 6.78. The lowest BCUT2D eigenvalue weighted by Gasteiger charge is -2.34. The Bertz CT molecular complexity index is 817. The van der Waals surface area contributed by atoms with Gasteiger partial charge in [0.15, 0.2) is 0 Å². The molecule has 0 aromatic heterocycles. The fraction of sp³-hybridized carbons (Fsp3) is 0.316. The smallest absolute Gasteiger partial charge is 0.143 e. The summed E-state index contributed by atoms with van der Waals surface area (Å²) in [5.74, 6) is 1.37. The van der Waals surface area contributed by atoms with E-state index in [1.54, 1.807) is 0 Å². The molecule has 0 radical (unpaired) electrons. The van der Waals surface area contributed by atoms with Gasteiger partial charge in [0.05, 0.1) is 12.2 Å². The predicted molar refractivity (Wildman–Crippen MR) is 94.2 cm³/mol. The summed E-state index contributed by atoms with van der Waals surface area (Å²) in [4.78, 5) is 7.07. The lowest BCUT2D eigenvalue weighted by Crippen LogP contribution is -2.41. The maximum absolute atomic E-state index is 6.41. The highest BCUT2D eigenvalue weighted by molar-refractivity contribution is 6.33. The Morgan fingerprint density at radius 1 is 1.22 bits per heavy atom. The molecule has 0 unspecified atom stereocenters. The van der Waals surface area contributed by atoms with Crippen molar-refractivity contribution in [3.63, 3.8) is 0 Å². The van der Waals surface area contributed by atoms with Crippen molar-refractivity contribution in [3.05, 3.63) is 47.0 Å². The highest BCUT2D eigenvalue weighted by Crippen LogP contribution is 2.51. The van der Waals surface area contributed by atoms with Gasteiger partial charge in [-0.2, -0.15) is 0 Å². The Morgan fingerprint density at radius 2 is 2.13 bits per heavy atom. The van der Waals surface area contributed by atoms with Crippen molar-refractivity contribution in [2.45, 2.75) is 18.4 Å². The summed E-state index contributed by atoms with van der Waals surface area (Å²) >= 11 is 6.41. The molecule has 3 nitrogen and oxygen atoms in total. The zero-order valence-electron chi connectivity index (χ0n) is 12.7. The number of hydrogen-bond donors (Lipinski definition) is 0. The molecule has 0 N–H and O–H groups in total. The number of halogens is 1. The van der Waals surface area contributed by atoms with Gasteiger partial charge in [0.25, 0.3) is 0 Å². The summed E-state index contributed by atoms with van der Waals surface area (Å²) in [6.45, 7) is 2.65. The second-order valence-electron chi connectivity index (χ2n) is 6.37. The van der Waals surface area contributed by atoms with E-state index in [4.69, 9.17) is 16.3 Å². The topological polar surface area (TPSA) is 24.8 Å². The van der Waals surface area contributed by atoms with Gasteiger partial charge in [-0.3, -0.25) is 4.99 Å². The molecule has 5 rings (SSSR count). The molecule has 0 saturated heterocycles. The Morgan fingerprint density at radius 3 is 3.04 bits per heavy atom. The highest BCUT2D eigenvalue weighted by atomic mass is 35.5. The molecule has 23 heavy (non-hydrogen) atoms. The maximum atomic E-state index is 6.41. The van der Waals surface area contributed by atoms with E-state index in [9.17, 15) is 0 Å². The summed E-state index contributed by atoms with van der Waals surface area (Å²) in [6, 6.07) is 13.0. The molecule has 0 saturated carbocycles. The second kappa shape index (κ2) is 5.00. The number of fused-ring (bicyclic) bond motifs is 3. The Balaban J connectivity index is 1.73. The molecule has 0 amide bonds. The molecular weight excluding hydrogens is 308 g/mol. The molecule has 2 atom stereocenters. The molecule has 3 aliphatic heterocycles. The van der Waals surface area contributed by atoms with E-state index < -0.39 is 0 Å². The molecule has 2 aromatic carbocycles. The molecule has 116 valence electrons. The Hall–Kier alpha value is -2.00. The number of aliphatic imine (C=N–C) groups is 1. The van der Waals surface area contributed by atoms with Crippen LogP contribution in [0, 0.1) is 0 Å². The van der Waals surface area contributed by atoms with Crippen molar-refractivity contribution in [3.8, 4) is 16.9 Å². The third-order valence-electron chi connectivity index (χ3n) is 5.16. The number of ether oxygens (including phenoxy) is 1. The van der Waals surface area contributed by atoms with E-state index in [1.165, 1.54) is 11.3 Å². The number of anilines is 1. The van der Waals surface area contributed by atoms with Crippen molar-refractivity contribution in [2.24, 2.45) is 4.99 Å². The van der Waals surface area contributed by atoms with Crippen LogP contribution in [0.1, 0.15) is 17.9 Å². The maximum Gasteiger partial charge on any atom is 0.143 e. The monoisotopic (exact) mass is 324 g/mol. The third kappa shape index (κ3) is 1.93. The van der Waals surface area contributed by atoms with E-state index in [0.717, 1.165) is 48.0 Å². The average Bonchev–Trinajstić information content (AvgIpc) is 2.92. The van der Waals surface area contributed by atoms with Crippen LogP contribution in [0.5, 0.6) is 5.75 Å². The third-order valence-corrected chi connectivity index (χ3v) is 5.49. The van der Waals surface area contributed by atoms with Gasteiger partial charge in [0.1, 0.15) is 12.4 Å². The van der Waals surface area contributed by atoms with Gasteiger partial charge < -0.3 is 9.64 Å². The van der Waals surface area contributed by atoms with Gasteiger partial charge in [-0.05, 0) is 35.7 Å². The molecular formula is C19H17ClN2O. The van der Waals surface area contributed by atoms with Crippen LogP contribution in [-0.2, 0) is 0 Å². The van der Waals surface area contributed by atoms with Gasteiger partial charge in [-0.1, -0.05) is 29.8 Å². The van der Waals surface area contributed by atoms with Gasteiger partial charge in [-0.15, -0.1) is 0 Å². The summed E-state index contributed by atoms with van der Waals surface area (Å²) in [5, 5.41) is 0.777. The quantitative estimate of drug-likeness (QED) is 0.787. The van der Waals surface area contributed by atoms with E-state index in [0.29, 0.717) is 12.0 Å². The van der Waals surface area contributed by atoms with Crippen LogP contribution in [0.3, 0.4) is 0 Å².